The highest BCUT2D eigenvalue weighted by atomic mass is 16.5. The monoisotopic (exact) mass is 443 g/mol. The second kappa shape index (κ2) is 12.0. The van der Waals surface area contributed by atoms with Gasteiger partial charge >= 0.3 is 0 Å². The molecular weight excluding hydrogens is 410 g/mol. The Kier molecular flexibility index (Phi) is 8.34. The van der Waals surface area contributed by atoms with Gasteiger partial charge in [-0.1, -0.05) is 50.7 Å². The van der Waals surface area contributed by atoms with Crippen molar-refractivity contribution >= 4 is 10.9 Å². The molecule has 0 spiro atoms. The number of rotatable bonds is 13. The summed E-state index contributed by atoms with van der Waals surface area (Å²) in [6.07, 6.45) is 14.6. The average Bonchev–Trinajstić information content (AvgIpc) is 3.31. The molecule has 172 valence electrons. The lowest BCUT2D eigenvalue weighted by molar-refractivity contribution is 0.307. The fourth-order valence-corrected chi connectivity index (χ4v) is 4.19. The van der Waals surface area contributed by atoms with Gasteiger partial charge in [-0.2, -0.15) is 5.10 Å². The van der Waals surface area contributed by atoms with Gasteiger partial charge in [0.2, 0.25) is 0 Å². The number of aromatic nitrogens is 3. The van der Waals surface area contributed by atoms with Gasteiger partial charge in [-0.05, 0) is 67.8 Å². The number of nitrogens with zero attached hydrogens (tertiary/aromatic N) is 3. The summed E-state index contributed by atoms with van der Waals surface area (Å²) in [5.74, 6) is 1.22. The van der Waals surface area contributed by atoms with E-state index in [1.807, 2.05) is 53.5 Å². The topological polar surface area (TPSA) is 60.2 Å². The number of benzene rings is 2. The molecule has 4 rings (SSSR count). The van der Waals surface area contributed by atoms with E-state index in [1.54, 1.807) is 12.1 Å². The minimum Gasteiger partial charge on any atom is -0.508 e. The third-order valence-electron chi connectivity index (χ3n) is 6.01. The summed E-state index contributed by atoms with van der Waals surface area (Å²) in [6, 6.07) is 19.4. The van der Waals surface area contributed by atoms with Crippen molar-refractivity contribution in [3.8, 4) is 17.2 Å². The van der Waals surface area contributed by atoms with Crippen molar-refractivity contribution in [3.05, 3.63) is 78.8 Å². The molecule has 5 nitrogen and oxygen atoms in total. The van der Waals surface area contributed by atoms with Crippen LogP contribution in [0, 0.1) is 0 Å². The molecule has 0 saturated heterocycles. The predicted molar refractivity (Wildman–Crippen MR) is 133 cm³/mol. The maximum Gasteiger partial charge on any atom is 0.130 e. The van der Waals surface area contributed by atoms with Crippen LogP contribution in [-0.2, 0) is 6.42 Å². The van der Waals surface area contributed by atoms with Gasteiger partial charge in [0, 0.05) is 23.5 Å². The Morgan fingerprint density at radius 1 is 0.727 bits per heavy atom. The first kappa shape index (κ1) is 22.8. The van der Waals surface area contributed by atoms with Crippen LogP contribution in [0.15, 0.2) is 73.1 Å². The molecule has 5 heteroatoms. The number of para-hydroxylation sites is 1. The number of fused-ring (bicyclic) bond motifs is 1. The van der Waals surface area contributed by atoms with Gasteiger partial charge in [-0.3, -0.25) is 4.98 Å². The molecule has 0 radical (unpaired) electrons. The maximum absolute atomic E-state index is 9.47. The van der Waals surface area contributed by atoms with Crippen molar-refractivity contribution < 1.29 is 9.84 Å². The molecule has 0 saturated carbocycles. The van der Waals surface area contributed by atoms with E-state index in [4.69, 9.17) is 4.74 Å². The second-order valence-corrected chi connectivity index (χ2v) is 8.50. The Morgan fingerprint density at radius 2 is 1.45 bits per heavy atom. The standard InChI is InChI=1S/C28H33N3O2/c32-25-16-14-24(15-17-25)31-23(18-21-30-31)11-7-5-3-1-2-4-6-10-22-33-28-19-20-29-27-13-9-8-12-26(27)28/h8-9,12-21,32H,1-7,10-11,22H2. The first-order valence-electron chi connectivity index (χ1n) is 12.1. The summed E-state index contributed by atoms with van der Waals surface area (Å²) in [5, 5.41) is 15.0. The summed E-state index contributed by atoms with van der Waals surface area (Å²) >= 11 is 0. The van der Waals surface area contributed by atoms with Gasteiger partial charge in [0.05, 0.1) is 17.8 Å². The fourth-order valence-electron chi connectivity index (χ4n) is 4.19. The smallest absolute Gasteiger partial charge is 0.130 e. The summed E-state index contributed by atoms with van der Waals surface area (Å²) in [6.45, 7) is 0.767. The molecule has 0 unspecified atom stereocenters. The minimum absolute atomic E-state index is 0.280. The van der Waals surface area contributed by atoms with E-state index in [1.165, 1.54) is 50.6 Å². The Balaban J connectivity index is 1.05. The van der Waals surface area contributed by atoms with Gasteiger partial charge in [0.1, 0.15) is 11.5 Å². The van der Waals surface area contributed by atoms with E-state index in [0.29, 0.717) is 0 Å². The zero-order chi connectivity index (χ0) is 22.7. The largest absolute Gasteiger partial charge is 0.508 e. The molecule has 1 N–H and O–H groups in total. The number of unbranched alkanes of at least 4 members (excludes halogenated alkanes) is 7. The molecule has 0 amide bonds. The lowest BCUT2D eigenvalue weighted by Gasteiger charge is -2.09. The Bertz CT molecular complexity index is 1120. The van der Waals surface area contributed by atoms with Crippen LogP contribution in [0.1, 0.15) is 57.1 Å². The zero-order valence-electron chi connectivity index (χ0n) is 19.2. The van der Waals surface area contributed by atoms with Gasteiger partial charge in [-0.25, -0.2) is 4.68 Å². The summed E-state index contributed by atoms with van der Waals surface area (Å²) in [7, 11) is 0. The Labute approximate surface area is 196 Å². The highest BCUT2D eigenvalue weighted by Crippen LogP contribution is 2.23. The van der Waals surface area contributed by atoms with Gasteiger partial charge in [0.25, 0.3) is 0 Å². The van der Waals surface area contributed by atoms with Crippen molar-refractivity contribution in [2.75, 3.05) is 6.61 Å². The molecule has 0 aliphatic carbocycles. The summed E-state index contributed by atoms with van der Waals surface area (Å²) in [5.41, 5.74) is 3.20. The predicted octanol–water partition coefficient (Wildman–Crippen LogP) is 6.87. The lowest BCUT2D eigenvalue weighted by Crippen LogP contribution is -2.02. The first-order chi connectivity index (χ1) is 16.3. The molecule has 2 aromatic heterocycles. The van der Waals surface area contributed by atoms with Crippen molar-refractivity contribution in [1.82, 2.24) is 14.8 Å². The second-order valence-electron chi connectivity index (χ2n) is 8.50. The molecule has 0 atom stereocenters. The third kappa shape index (κ3) is 6.58. The number of hydrogen-bond acceptors (Lipinski definition) is 4. The van der Waals surface area contributed by atoms with E-state index in [-0.39, 0.29) is 5.75 Å². The maximum atomic E-state index is 9.47. The van der Waals surface area contributed by atoms with Crippen molar-refractivity contribution in [1.29, 1.82) is 0 Å². The number of phenolic OH excluding ortho intramolecular Hbond substituents is 1. The molecule has 0 bridgehead atoms. The Morgan fingerprint density at radius 3 is 2.27 bits per heavy atom. The Hall–Kier alpha value is -3.34. The fraction of sp³-hybridized carbons (Fsp3) is 0.357. The average molecular weight is 444 g/mol. The first-order valence-corrected chi connectivity index (χ1v) is 12.1. The number of ether oxygens (including phenoxy) is 1. The molecule has 0 aliphatic heterocycles. The molecule has 33 heavy (non-hydrogen) atoms. The molecule has 4 aromatic rings. The minimum atomic E-state index is 0.280. The van der Waals surface area contributed by atoms with Crippen LogP contribution >= 0.6 is 0 Å². The van der Waals surface area contributed by atoms with Crippen LogP contribution in [0.25, 0.3) is 16.6 Å². The van der Waals surface area contributed by atoms with E-state index in [2.05, 4.69) is 22.2 Å². The van der Waals surface area contributed by atoms with E-state index in [0.717, 1.165) is 41.8 Å². The third-order valence-corrected chi connectivity index (χ3v) is 6.01. The van der Waals surface area contributed by atoms with Gasteiger partial charge < -0.3 is 9.84 Å². The highest BCUT2D eigenvalue weighted by molar-refractivity contribution is 5.84. The van der Waals surface area contributed by atoms with Crippen LogP contribution in [-0.4, -0.2) is 26.5 Å². The summed E-state index contributed by atoms with van der Waals surface area (Å²) < 4.78 is 7.97. The number of pyridine rings is 1. The van der Waals surface area contributed by atoms with Crippen LogP contribution in [0.2, 0.25) is 0 Å². The zero-order valence-corrected chi connectivity index (χ0v) is 19.2. The van der Waals surface area contributed by atoms with Crippen LogP contribution in [0.3, 0.4) is 0 Å². The number of aryl methyl sites for hydroxylation is 1. The van der Waals surface area contributed by atoms with Crippen molar-refractivity contribution in [3.63, 3.8) is 0 Å². The molecule has 2 aromatic carbocycles. The highest BCUT2D eigenvalue weighted by Gasteiger charge is 2.05. The SMILES string of the molecule is Oc1ccc(-n2nccc2CCCCCCCCCCOc2ccnc3ccccc23)cc1. The van der Waals surface area contributed by atoms with E-state index in [9.17, 15) is 5.11 Å². The summed E-state index contributed by atoms with van der Waals surface area (Å²) in [4.78, 5) is 4.38. The van der Waals surface area contributed by atoms with Gasteiger partial charge in [-0.15, -0.1) is 0 Å². The molecular formula is C28H33N3O2. The molecule has 0 aliphatic rings. The van der Waals surface area contributed by atoms with Crippen LogP contribution < -0.4 is 4.74 Å². The van der Waals surface area contributed by atoms with Crippen LogP contribution in [0.5, 0.6) is 11.5 Å². The lowest BCUT2D eigenvalue weighted by atomic mass is 10.1. The normalized spacial score (nSPS) is 11.2. The quantitative estimate of drug-likeness (QED) is 0.229. The van der Waals surface area contributed by atoms with E-state index >= 15 is 0 Å². The van der Waals surface area contributed by atoms with Crippen molar-refractivity contribution in [2.45, 2.75) is 57.8 Å². The van der Waals surface area contributed by atoms with Crippen LogP contribution in [0.4, 0.5) is 0 Å². The number of aromatic hydroxyl groups is 1. The number of hydrogen-bond donors (Lipinski definition) is 1. The van der Waals surface area contributed by atoms with Crippen molar-refractivity contribution in [2.24, 2.45) is 0 Å². The molecule has 2 heterocycles. The van der Waals surface area contributed by atoms with Gasteiger partial charge in [0.15, 0.2) is 0 Å². The van der Waals surface area contributed by atoms with E-state index < -0.39 is 0 Å². The number of phenols is 1. The molecule has 0 fully saturated rings.